The second-order valence-electron chi connectivity index (χ2n) is 6.24. The molecule has 0 aliphatic carbocycles. The Kier molecular flexibility index (Phi) is 6.94. The smallest absolute Gasteiger partial charge is 0.366 e. The zero-order chi connectivity index (χ0) is 18.7. The minimum Gasteiger partial charge on any atom is -0.366 e. The van der Waals surface area contributed by atoms with Crippen molar-refractivity contribution in [3.8, 4) is 0 Å². The van der Waals surface area contributed by atoms with Crippen molar-refractivity contribution in [3.05, 3.63) is 53.2 Å². The summed E-state index contributed by atoms with van der Waals surface area (Å²) < 4.78 is 63.6. The lowest BCUT2D eigenvalue weighted by molar-refractivity contribution is -0.141. The number of anilines is 1. The maximum absolute atomic E-state index is 13.3. The maximum Gasteiger partial charge on any atom is 0.435 e. The number of hydrogen-bond acceptors (Lipinski definition) is 4. The Balaban J connectivity index is 0.00000261. The Hall–Kier alpha value is -2.00. The lowest BCUT2D eigenvalue weighted by Crippen LogP contribution is -2.38. The van der Waals surface area contributed by atoms with E-state index in [0.29, 0.717) is 17.9 Å². The standard InChI is InChI=1S/C17H17F5N4.ClH/c18-13-2-1-11(9-14(13)19)10-26-7-5-12(6-8-26)23-16-4-3-15(24-25-16)17(20,21)22;/h1-4,9,12H,5-8,10H2,(H,23,25);1H. The molecule has 0 radical (unpaired) electrons. The average Bonchev–Trinajstić information content (AvgIpc) is 2.60. The van der Waals surface area contributed by atoms with E-state index >= 15 is 0 Å². The van der Waals surface area contributed by atoms with E-state index in [0.717, 1.165) is 38.1 Å². The first kappa shape index (κ1) is 21.3. The van der Waals surface area contributed by atoms with Gasteiger partial charge in [-0.05, 0) is 42.7 Å². The van der Waals surface area contributed by atoms with Crippen molar-refractivity contribution in [2.45, 2.75) is 31.6 Å². The predicted octanol–water partition coefficient (Wildman–Crippen LogP) is 4.27. The summed E-state index contributed by atoms with van der Waals surface area (Å²) in [5, 5.41) is 9.84. The van der Waals surface area contributed by atoms with Crippen LogP contribution in [0.5, 0.6) is 0 Å². The Labute approximate surface area is 159 Å². The molecule has 1 aliphatic heterocycles. The van der Waals surface area contributed by atoms with E-state index in [1.807, 2.05) is 0 Å². The number of aromatic nitrogens is 2. The van der Waals surface area contributed by atoms with Gasteiger partial charge in [-0.25, -0.2) is 8.78 Å². The van der Waals surface area contributed by atoms with E-state index in [-0.39, 0.29) is 18.4 Å². The van der Waals surface area contributed by atoms with E-state index in [2.05, 4.69) is 20.4 Å². The van der Waals surface area contributed by atoms with Crippen LogP contribution in [0.1, 0.15) is 24.1 Å². The summed E-state index contributed by atoms with van der Waals surface area (Å²) in [6, 6.07) is 6.10. The Morgan fingerprint density at radius 1 is 1.00 bits per heavy atom. The fourth-order valence-electron chi connectivity index (χ4n) is 2.90. The van der Waals surface area contributed by atoms with E-state index in [1.54, 1.807) is 6.07 Å². The normalized spacial score (nSPS) is 16.0. The Morgan fingerprint density at radius 3 is 2.26 bits per heavy atom. The summed E-state index contributed by atoms with van der Waals surface area (Å²) in [6.45, 7) is 1.97. The van der Waals surface area contributed by atoms with Crippen LogP contribution in [0.15, 0.2) is 30.3 Å². The van der Waals surface area contributed by atoms with Gasteiger partial charge in [0.1, 0.15) is 5.82 Å². The van der Waals surface area contributed by atoms with Gasteiger partial charge in [-0.3, -0.25) is 4.90 Å². The van der Waals surface area contributed by atoms with Crippen molar-refractivity contribution in [1.29, 1.82) is 0 Å². The highest BCUT2D eigenvalue weighted by molar-refractivity contribution is 5.85. The monoisotopic (exact) mass is 408 g/mol. The van der Waals surface area contributed by atoms with Gasteiger partial charge in [-0.1, -0.05) is 6.07 Å². The molecule has 2 heterocycles. The highest BCUT2D eigenvalue weighted by Crippen LogP contribution is 2.27. The molecule has 4 nitrogen and oxygen atoms in total. The van der Waals surface area contributed by atoms with Crippen molar-refractivity contribution >= 4 is 18.2 Å². The third-order valence-corrected chi connectivity index (χ3v) is 4.28. The number of halogens is 6. The van der Waals surface area contributed by atoms with Crippen LogP contribution in [0, 0.1) is 11.6 Å². The van der Waals surface area contributed by atoms with Crippen molar-refractivity contribution in [3.63, 3.8) is 0 Å². The number of nitrogens with zero attached hydrogens (tertiary/aromatic N) is 3. The average molecular weight is 409 g/mol. The molecule has 2 aromatic rings. The van der Waals surface area contributed by atoms with Gasteiger partial charge in [0.15, 0.2) is 17.3 Å². The molecule has 0 saturated carbocycles. The van der Waals surface area contributed by atoms with Crippen molar-refractivity contribution in [2.75, 3.05) is 18.4 Å². The van der Waals surface area contributed by atoms with E-state index < -0.39 is 23.5 Å². The fourth-order valence-corrected chi connectivity index (χ4v) is 2.90. The van der Waals surface area contributed by atoms with Gasteiger partial charge in [0.25, 0.3) is 0 Å². The van der Waals surface area contributed by atoms with E-state index in [9.17, 15) is 22.0 Å². The first-order valence-electron chi connectivity index (χ1n) is 8.15. The summed E-state index contributed by atoms with van der Waals surface area (Å²) >= 11 is 0. The molecule has 3 rings (SSSR count). The van der Waals surface area contributed by atoms with Crippen molar-refractivity contribution in [1.82, 2.24) is 15.1 Å². The number of benzene rings is 1. The fraction of sp³-hybridized carbons (Fsp3) is 0.412. The molecule has 27 heavy (non-hydrogen) atoms. The number of piperidine rings is 1. The molecule has 1 fully saturated rings. The second kappa shape index (κ2) is 8.79. The predicted molar refractivity (Wildman–Crippen MR) is 92.6 cm³/mol. The summed E-state index contributed by atoms with van der Waals surface area (Å²) in [7, 11) is 0. The molecule has 0 unspecified atom stereocenters. The van der Waals surface area contributed by atoms with Gasteiger partial charge < -0.3 is 5.32 Å². The highest BCUT2D eigenvalue weighted by Gasteiger charge is 2.33. The van der Waals surface area contributed by atoms with Gasteiger partial charge in [0.2, 0.25) is 0 Å². The summed E-state index contributed by atoms with van der Waals surface area (Å²) in [4.78, 5) is 2.11. The van der Waals surface area contributed by atoms with Gasteiger partial charge in [0.05, 0.1) is 0 Å². The number of nitrogens with one attached hydrogen (secondary N) is 1. The van der Waals surface area contributed by atoms with Crippen LogP contribution in [0.25, 0.3) is 0 Å². The highest BCUT2D eigenvalue weighted by atomic mass is 35.5. The zero-order valence-corrected chi connectivity index (χ0v) is 15.0. The second-order valence-corrected chi connectivity index (χ2v) is 6.24. The van der Waals surface area contributed by atoms with E-state index in [4.69, 9.17) is 0 Å². The van der Waals surface area contributed by atoms with Crippen LogP contribution in [-0.2, 0) is 12.7 Å². The molecular formula is C17H18ClF5N4. The summed E-state index contributed by atoms with van der Waals surface area (Å²) in [6.07, 6.45) is -2.99. The number of hydrogen-bond donors (Lipinski definition) is 1. The molecule has 0 atom stereocenters. The molecule has 1 saturated heterocycles. The van der Waals surface area contributed by atoms with Gasteiger partial charge >= 0.3 is 6.18 Å². The molecule has 1 aliphatic rings. The number of likely N-dealkylation sites (tertiary alicyclic amines) is 1. The van der Waals surface area contributed by atoms with Crippen LogP contribution in [0.2, 0.25) is 0 Å². The molecule has 10 heteroatoms. The minimum absolute atomic E-state index is 0. The zero-order valence-electron chi connectivity index (χ0n) is 14.1. The van der Waals surface area contributed by atoms with Crippen molar-refractivity contribution < 1.29 is 22.0 Å². The first-order chi connectivity index (χ1) is 12.3. The third-order valence-electron chi connectivity index (χ3n) is 4.28. The molecule has 0 spiro atoms. The van der Waals surface area contributed by atoms with Crippen LogP contribution < -0.4 is 5.32 Å². The van der Waals surface area contributed by atoms with Gasteiger partial charge in [0, 0.05) is 25.7 Å². The van der Waals surface area contributed by atoms with Crippen LogP contribution in [0.4, 0.5) is 27.8 Å². The van der Waals surface area contributed by atoms with Gasteiger partial charge in [-0.2, -0.15) is 13.2 Å². The van der Waals surface area contributed by atoms with Crippen LogP contribution in [-0.4, -0.2) is 34.2 Å². The SMILES string of the molecule is Cl.Fc1ccc(CN2CCC(Nc3ccc(C(F)(F)F)nn3)CC2)cc1F. The van der Waals surface area contributed by atoms with E-state index in [1.165, 1.54) is 12.1 Å². The summed E-state index contributed by atoms with van der Waals surface area (Å²) in [5.41, 5.74) is -0.326. The Bertz CT molecular complexity index is 746. The van der Waals surface area contributed by atoms with Gasteiger partial charge in [-0.15, -0.1) is 22.6 Å². The molecular weight excluding hydrogens is 391 g/mol. The topological polar surface area (TPSA) is 41.0 Å². The summed E-state index contributed by atoms with van der Waals surface area (Å²) in [5.74, 6) is -1.42. The minimum atomic E-state index is -4.50. The molecule has 148 valence electrons. The van der Waals surface area contributed by atoms with Crippen molar-refractivity contribution in [2.24, 2.45) is 0 Å². The lowest BCUT2D eigenvalue weighted by atomic mass is 10.0. The molecule has 0 bridgehead atoms. The Morgan fingerprint density at radius 2 is 1.70 bits per heavy atom. The first-order valence-corrected chi connectivity index (χ1v) is 8.15. The number of rotatable bonds is 4. The third kappa shape index (κ3) is 5.74. The van der Waals surface area contributed by atoms with Crippen LogP contribution >= 0.6 is 12.4 Å². The quantitative estimate of drug-likeness (QED) is 0.767. The van der Waals surface area contributed by atoms with Crippen LogP contribution in [0.3, 0.4) is 0 Å². The molecule has 1 N–H and O–H groups in total. The maximum atomic E-state index is 13.3. The molecule has 0 amide bonds. The number of alkyl halides is 3. The molecule has 1 aromatic heterocycles. The largest absolute Gasteiger partial charge is 0.435 e. The lowest BCUT2D eigenvalue weighted by Gasteiger charge is -2.32. The molecule has 1 aromatic carbocycles.